The molecule has 0 saturated heterocycles. The molecule has 40 heavy (non-hydrogen) atoms. The quantitative estimate of drug-likeness (QED) is 0.251. The Morgan fingerprint density at radius 2 is 1.85 bits per heavy atom. The zero-order valence-electron chi connectivity index (χ0n) is 20.1. The van der Waals surface area contributed by atoms with E-state index in [1.165, 1.54) is 13.1 Å². The van der Waals surface area contributed by atoms with Crippen molar-refractivity contribution in [1.29, 1.82) is 0 Å². The molecule has 3 aromatic heterocycles. The Morgan fingerprint density at radius 1 is 1.23 bits per heavy atom. The van der Waals surface area contributed by atoms with Gasteiger partial charge in [-0.05, 0) is 24.3 Å². The molecule has 0 aliphatic carbocycles. The molecule has 4 N–H and O–H groups in total. The first kappa shape index (κ1) is 31.2. The van der Waals surface area contributed by atoms with Crippen LogP contribution in [0.25, 0.3) is 16.9 Å². The highest BCUT2D eigenvalue weighted by molar-refractivity contribution is 7.91. The van der Waals surface area contributed by atoms with E-state index in [0.29, 0.717) is 4.52 Å². The number of rotatable bonds is 7. The van der Waals surface area contributed by atoms with E-state index >= 15 is 0 Å². The first-order valence-corrected chi connectivity index (χ1v) is 13.4. The van der Waals surface area contributed by atoms with Gasteiger partial charge in [-0.2, -0.15) is 22.6 Å². The number of hydrogen-bond acceptors (Lipinski definition) is 8. The number of nitrogen functional groups attached to an aromatic ring is 1. The zero-order valence-corrected chi connectivity index (χ0v) is 22.5. The minimum atomic E-state index is -4.54. The summed E-state index contributed by atoms with van der Waals surface area (Å²) in [5.41, 5.74) is 3.52. The number of hydrogen-bond donors (Lipinski definition) is 3. The first-order chi connectivity index (χ1) is 18.6. The maximum Gasteiger partial charge on any atom is 0.416 e. The number of carbonyl (C=O) groups is 1. The third-order valence-electron chi connectivity index (χ3n) is 5.23. The molecule has 0 aliphatic rings. The molecular formula is C22H19ClF5N5O5S2. The van der Waals surface area contributed by atoms with Crippen molar-refractivity contribution < 1.29 is 45.4 Å². The summed E-state index contributed by atoms with van der Waals surface area (Å²) in [6, 6.07) is 6.01. The second kappa shape index (κ2) is 12.0. The van der Waals surface area contributed by atoms with Crippen LogP contribution in [0.15, 0.2) is 46.8 Å². The maximum atomic E-state index is 13.2. The molecule has 0 radical (unpaired) electrons. The molecule has 0 aliphatic heterocycles. The van der Waals surface area contributed by atoms with Gasteiger partial charge in [-0.1, -0.05) is 23.7 Å². The van der Waals surface area contributed by atoms with Crippen LogP contribution in [0.2, 0.25) is 4.34 Å². The van der Waals surface area contributed by atoms with E-state index < -0.39 is 45.4 Å². The third kappa shape index (κ3) is 6.67. The van der Waals surface area contributed by atoms with Gasteiger partial charge in [0.2, 0.25) is 0 Å². The number of aromatic nitrogens is 3. The second-order valence-corrected chi connectivity index (χ2v) is 11.8. The summed E-state index contributed by atoms with van der Waals surface area (Å²) in [6.45, 7) is -0.192. The summed E-state index contributed by atoms with van der Waals surface area (Å²) in [5.74, 6) is -1.41. The number of alkyl halides is 5. The van der Waals surface area contributed by atoms with Crippen molar-refractivity contribution in [1.82, 2.24) is 18.9 Å². The van der Waals surface area contributed by atoms with Crippen LogP contribution < -0.4 is 5.73 Å². The molecule has 4 rings (SSSR count). The number of aliphatic hydroxyl groups is 1. The third-order valence-corrected chi connectivity index (χ3v) is 8.93. The molecule has 18 heteroatoms. The van der Waals surface area contributed by atoms with Gasteiger partial charge in [-0.15, -0.1) is 11.3 Å². The van der Waals surface area contributed by atoms with Gasteiger partial charge in [-0.25, -0.2) is 31.5 Å². The summed E-state index contributed by atoms with van der Waals surface area (Å²) >= 11 is 6.58. The molecular weight excluding hydrogens is 609 g/mol. The molecule has 4 aromatic rings. The topological polar surface area (TPSA) is 151 Å². The average molecular weight is 628 g/mol. The number of thiophene rings is 1. The number of aromatic carboxylic acids is 1. The van der Waals surface area contributed by atoms with E-state index in [4.69, 9.17) is 27.5 Å². The molecule has 1 aromatic carbocycles. The number of aliphatic hydroxyl groups excluding tert-OH is 1. The van der Waals surface area contributed by atoms with Crippen molar-refractivity contribution in [3.63, 3.8) is 0 Å². The van der Waals surface area contributed by atoms with E-state index in [-0.39, 0.29) is 44.3 Å². The van der Waals surface area contributed by atoms with Gasteiger partial charge in [0.05, 0.1) is 29.7 Å². The van der Waals surface area contributed by atoms with Crippen molar-refractivity contribution >= 4 is 50.3 Å². The number of carboxylic acids is 1. The van der Waals surface area contributed by atoms with Gasteiger partial charge in [-0.3, -0.25) is 0 Å². The number of likely N-dealkylation sites (N-methyl/N-ethyl adjacent to an activating group) is 1. The second-order valence-electron chi connectivity index (χ2n) is 7.89. The molecule has 216 valence electrons. The van der Waals surface area contributed by atoms with Crippen molar-refractivity contribution in [3.8, 4) is 11.3 Å². The van der Waals surface area contributed by atoms with Crippen LogP contribution in [-0.4, -0.2) is 63.7 Å². The highest BCUT2D eigenvalue weighted by atomic mass is 35.5. The normalized spacial score (nSPS) is 12.2. The lowest BCUT2D eigenvalue weighted by Crippen LogP contribution is -2.29. The largest absolute Gasteiger partial charge is 0.477 e. The summed E-state index contributed by atoms with van der Waals surface area (Å²) in [5, 5.41) is 21.3. The Morgan fingerprint density at radius 3 is 2.33 bits per heavy atom. The van der Waals surface area contributed by atoms with Crippen molar-refractivity contribution in [3.05, 3.63) is 63.8 Å². The Bertz CT molecular complexity index is 1610. The minimum absolute atomic E-state index is 0.0394. The Kier molecular flexibility index (Phi) is 9.35. The van der Waals surface area contributed by atoms with Crippen LogP contribution in [0.1, 0.15) is 28.0 Å². The van der Waals surface area contributed by atoms with Crippen molar-refractivity contribution in [2.24, 2.45) is 0 Å². The molecule has 0 amide bonds. The number of halogens is 6. The van der Waals surface area contributed by atoms with Gasteiger partial charge >= 0.3 is 12.1 Å². The van der Waals surface area contributed by atoms with Crippen LogP contribution >= 0.6 is 22.9 Å². The molecule has 0 spiro atoms. The van der Waals surface area contributed by atoms with Gasteiger partial charge in [0.15, 0.2) is 5.65 Å². The fourth-order valence-corrected chi connectivity index (χ4v) is 6.11. The molecule has 10 nitrogen and oxygen atoms in total. The number of carboxylic acid groups (broad SMARTS) is 1. The molecule has 0 unspecified atom stereocenters. The number of nitrogens with zero attached hydrogens (tertiary/aromatic N) is 4. The SMILES string of the molecule is CN(CCO)S(=O)(=O)c1cc(N)c(Cl)s1.O=C(O)c1cnn2c(C(F)F)cc(-c3ccc(C(F)(F)F)cc3)nc12. The fourth-order valence-electron chi connectivity index (χ4n) is 3.17. The molecule has 0 atom stereocenters. The summed E-state index contributed by atoms with van der Waals surface area (Å²) in [6.07, 6.45) is -6.64. The average Bonchev–Trinajstić information content (AvgIpc) is 3.46. The van der Waals surface area contributed by atoms with Crippen LogP contribution in [-0.2, 0) is 16.2 Å². The van der Waals surface area contributed by atoms with Gasteiger partial charge in [0.1, 0.15) is 19.8 Å². The van der Waals surface area contributed by atoms with Gasteiger partial charge < -0.3 is 15.9 Å². The lowest BCUT2D eigenvalue weighted by molar-refractivity contribution is -0.137. The highest BCUT2D eigenvalue weighted by Crippen LogP contribution is 2.34. The number of benzene rings is 1. The minimum Gasteiger partial charge on any atom is -0.477 e. The molecule has 0 fully saturated rings. The van der Waals surface area contributed by atoms with Crippen molar-refractivity contribution in [2.45, 2.75) is 16.8 Å². The Balaban J connectivity index is 0.000000252. The fraction of sp³-hybridized carbons (Fsp3) is 0.227. The number of nitrogens with two attached hydrogens (primary N) is 1. The van der Waals surface area contributed by atoms with E-state index in [1.54, 1.807) is 0 Å². The van der Waals surface area contributed by atoms with Gasteiger partial charge in [0.25, 0.3) is 16.4 Å². The van der Waals surface area contributed by atoms with Gasteiger partial charge in [0, 0.05) is 19.2 Å². The van der Waals surface area contributed by atoms with Crippen LogP contribution in [0, 0.1) is 0 Å². The number of sulfonamides is 1. The van der Waals surface area contributed by atoms with E-state index in [2.05, 4.69) is 10.1 Å². The Hall–Kier alpha value is -3.38. The first-order valence-electron chi connectivity index (χ1n) is 10.8. The smallest absolute Gasteiger partial charge is 0.416 e. The standard InChI is InChI=1S/C15H8F5N3O2.C7H11ClN2O3S2/c16-12(17)11-5-10(7-1-3-8(4-2-7)15(18,19)20)22-13-9(14(24)25)6-21-23(11)13;1-10(2-3-11)15(12,13)6-4-5(9)7(8)14-6/h1-6,12H,(H,24,25);4,11H,2-3,9H2,1H3. The summed E-state index contributed by atoms with van der Waals surface area (Å²) in [7, 11) is -2.19. The van der Waals surface area contributed by atoms with E-state index in [9.17, 15) is 35.2 Å². The Labute approximate surface area is 232 Å². The molecule has 0 bridgehead atoms. The number of fused-ring (bicyclic) bond motifs is 1. The van der Waals surface area contributed by atoms with Crippen LogP contribution in [0.5, 0.6) is 0 Å². The number of anilines is 1. The lowest BCUT2D eigenvalue weighted by Gasteiger charge is -2.13. The zero-order chi connectivity index (χ0) is 30.0. The molecule has 3 heterocycles. The molecule has 0 saturated carbocycles. The summed E-state index contributed by atoms with van der Waals surface area (Å²) in [4.78, 5) is 15.1. The van der Waals surface area contributed by atoms with Crippen LogP contribution in [0.3, 0.4) is 0 Å². The van der Waals surface area contributed by atoms with Crippen molar-refractivity contribution in [2.75, 3.05) is 25.9 Å². The van der Waals surface area contributed by atoms with Crippen LogP contribution in [0.4, 0.5) is 27.6 Å². The van der Waals surface area contributed by atoms with E-state index in [1.807, 2.05) is 0 Å². The predicted molar refractivity (Wildman–Crippen MR) is 136 cm³/mol. The van der Waals surface area contributed by atoms with E-state index in [0.717, 1.165) is 52.2 Å². The monoisotopic (exact) mass is 627 g/mol. The lowest BCUT2D eigenvalue weighted by atomic mass is 10.1. The summed E-state index contributed by atoms with van der Waals surface area (Å²) < 4.78 is 90.0. The highest BCUT2D eigenvalue weighted by Gasteiger charge is 2.30. The predicted octanol–water partition coefficient (Wildman–Crippen LogP) is 4.65. The maximum absolute atomic E-state index is 13.2.